The predicted molar refractivity (Wildman–Crippen MR) is 89.7 cm³/mol. The molecule has 126 valence electrons. The first-order valence-corrected chi connectivity index (χ1v) is 8.54. The Kier molecular flexibility index (Phi) is 4.37. The van der Waals surface area contributed by atoms with Gasteiger partial charge in [0.1, 0.15) is 5.75 Å². The van der Waals surface area contributed by atoms with Crippen LogP contribution in [-0.4, -0.2) is 42.7 Å². The number of ether oxygens (including phenoxy) is 2. The predicted octanol–water partition coefficient (Wildman–Crippen LogP) is 3.21. The number of methoxy groups -OCH3 is 1. The van der Waals surface area contributed by atoms with Gasteiger partial charge in [-0.15, -0.1) is 0 Å². The van der Waals surface area contributed by atoms with Crippen LogP contribution in [0.1, 0.15) is 45.1 Å². The van der Waals surface area contributed by atoms with Gasteiger partial charge in [-0.1, -0.05) is 19.1 Å². The summed E-state index contributed by atoms with van der Waals surface area (Å²) in [5.41, 5.74) is 1.15. The van der Waals surface area contributed by atoms with Gasteiger partial charge in [-0.3, -0.25) is 4.79 Å². The molecular formula is C19H27NO3. The number of likely N-dealkylation sites (tertiary alicyclic amines) is 1. The third-order valence-corrected chi connectivity index (χ3v) is 5.15. The molecule has 0 bridgehead atoms. The molecule has 2 atom stereocenters. The standard InChI is InChI=1S/C19H27NO3/c1-5-19(2,3)23-15-11-20(12-15)18(21)17-10-16(17)13-6-8-14(22-4)9-7-13/h6-9,15-17H,5,10-12H2,1-4H3/t16-,17+/m0/s1. The molecule has 1 heterocycles. The second-order valence-electron chi connectivity index (χ2n) is 7.32. The molecule has 1 amide bonds. The topological polar surface area (TPSA) is 38.8 Å². The van der Waals surface area contributed by atoms with E-state index in [2.05, 4.69) is 32.9 Å². The Morgan fingerprint density at radius 3 is 2.48 bits per heavy atom. The molecule has 1 saturated carbocycles. The van der Waals surface area contributed by atoms with Gasteiger partial charge < -0.3 is 14.4 Å². The highest BCUT2D eigenvalue weighted by Gasteiger charge is 2.48. The number of nitrogens with zero attached hydrogens (tertiary/aromatic N) is 1. The molecule has 1 aliphatic carbocycles. The number of hydrogen-bond donors (Lipinski definition) is 0. The van der Waals surface area contributed by atoms with Crippen molar-refractivity contribution in [1.29, 1.82) is 0 Å². The van der Waals surface area contributed by atoms with E-state index in [-0.39, 0.29) is 17.6 Å². The average molecular weight is 317 g/mol. The van der Waals surface area contributed by atoms with Gasteiger partial charge in [-0.25, -0.2) is 0 Å². The van der Waals surface area contributed by atoms with E-state index in [9.17, 15) is 4.79 Å². The average Bonchev–Trinajstić information content (AvgIpc) is 3.30. The second kappa shape index (κ2) is 6.16. The fraction of sp³-hybridized carbons (Fsp3) is 0.632. The summed E-state index contributed by atoms with van der Waals surface area (Å²) in [5, 5.41) is 0. The van der Waals surface area contributed by atoms with Crippen molar-refractivity contribution in [3.8, 4) is 5.75 Å². The van der Waals surface area contributed by atoms with Crippen molar-refractivity contribution in [3.05, 3.63) is 29.8 Å². The van der Waals surface area contributed by atoms with E-state index in [1.54, 1.807) is 7.11 Å². The molecule has 2 fully saturated rings. The third kappa shape index (κ3) is 3.52. The van der Waals surface area contributed by atoms with E-state index in [0.717, 1.165) is 31.7 Å². The highest BCUT2D eigenvalue weighted by atomic mass is 16.5. The molecule has 0 aromatic heterocycles. The van der Waals surface area contributed by atoms with E-state index in [1.165, 1.54) is 5.56 Å². The van der Waals surface area contributed by atoms with Crippen LogP contribution in [0.3, 0.4) is 0 Å². The van der Waals surface area contributed by atoms with Crippen LogP contribution in [0.25, 0.3) is 0 Å². The van der Waals surface area contributed by atoms with Gasteiger partial charge in [-0.05, 0) is 50.3 Å². The minimum absolute atomic E-state index is 0.0922. The molecule has 0 unspecified atom stereocenters. The van der Waals surface area contributed by atoms with Crippen LogP contribution in [0.2, 0.25) is 0 Å². The SMILES string of the molecule is CCC(C)(C)OC1CN(C(=O)[C@@H]2C[C@H]2c2ccc(OC)cc2)C1. The second-order valence-corrected chi connectivity index (χ2v) is 7.32. The number of hydrogen-bond acceptors (Lipinski definition) is 3. The number of amides is 1. The van der Waals surface area contributed by atoms with Gasteiger partial charge in [0.05, 0.1) is 18.8 Å². The Morgan fingerprint density at radius 2 is 1.91 bits per heavy atom. The first kappa shape index (κ1) is 16.3. The molecule has 0 radical (unpaired) electrons. The monoisotopic (exact) mass is 317 g/mol. The molecule has 0 N–H and O–H groups in total. The molecule has 3 rings (SSSR count). The Labute approximate surface area is 138 Å². The quantitative estimate of drug-likeness (QED) is 0.808. The number of carbonyl (C=O) groups is 1. The summed E-state index contributed by atoms with van der Waals surface area (Å²) >= 11 is 0. The maximum absolute atomic E-state index is 12.5. The van der Waals surface area contributed by atoms with Crippen LogP contribution in [0.15, 0.2) is 24.3 Å². The number of rotatable bonds is 6. The summed E-state index contributed by atoms with van der Waals surface area (Å²) in [6.45, 7) is 7.84. The molecular weight excluding hydrogens is 290 g/mol. The van der Waals surface area contributed by atoms with E-state index < -0.39 is 0 Å². The van der Waals surface area contributed by atoms with Crippen LogP contribution in [0.5, 0.6) is 5.75 Å². The lowest BCUT2D eigenvalue weighted by Gasteiger charge is -2.43. The normalized spacial score (nSPS) is 24.3. The zero-order valence-corrected chi connectivity index (χ0v) is 14.5. The van der Waals surface area contributed by atoms with Crippen molar-refractivity contribution in [3.63, 3.8) is 0 Å². The van der Waals surface area contributed by atoms with E-state index in [0.29, 0.717) is 11.8 Å². The Hall–Kier alpha value is -1.55. The van der Waals surface area contributed by atoms with Crippen molar-refractivity contribution in [1.82, 2.24) is 4.90 Å². The molecule has 4 nitrogen and oxygen atoms in total. The maximum Gasteiger partial charge on any atom is 0.226 e. The van der Waals surface area contributed by atoms with Crippen molar-refractivity contribution in [2.75, 3.05) is 20.2 Å². The van der Waals surface area contributed by atoms with Gasteiger partial charge in [0, 0.05) is 19.0 Å². The number of carbonyl (C=O) groups excluding carboxylic acids is 1. The first-order chi connectivity index (χ1) is 10.9. The molecule has 23 heavy (non-hydrogen) atoms. The fourth-order valence-corrected chi connectivity index (χ4v) is 3.15. The Balaban J connectivity index is 1.48. The molecule has 1 saturated heterocycles. The summed E-state index contributed by atoms with van der Waals surface area (Å²) in [6, 6.07) is 8.08. The lowest BCUT2D eigenvalue weighted by atomic mass is 10.0. The third-order valence-electron chi connectivity index (χ3n) is 5.15. The van der Waals surface area contributed by atoms with Crippen molar-refractivity contribution in [2.45, 2.75) is 51.2 Å². The summed E-state index contributed by atoms with van der Waals surface area (Å²) in [5.74, 6) is 1.68. The van der Waals surface area contributed by atoms with E-state index in [1.807, 2.05) is 17.0 Å². The van der Waals surface area contributed by atoms with Crippen molar-refractivity contribution >= 4 is 5.91 Å². The summed E-state index contributed by atoms with van der Waals surface area (Å²) in [7, 11) is 1.67. The van der Waals surface area contributed by atoms with Gasteiger partial charge in [-0.2, -0.15) is 0 Å². The maximum atomic E-state index is 12.5. The molecule has 2 aliphatic rings. The van der Waals surface area contributed by atoms with Crippen LogP contribution in [0, 0.1) is 5.92 Å². The smallest absolute Gasteiger partial charge is 0.226 e. The molecule has 4 heteroatoms. The summed E-state index contributed by atoms with van der Waals surface area (Å²) < 4.78 is 11.2. The fourth-order valence-electron chi connectivity index (χ4n) is 3.15. The van der Waals surface area contributed by atoms with Crippen LogP contribution in [-0.2, 0) is 9.53 Å². The molecule has 0 spiro atoms. The lowest BCUT2D eigenvalue weighted by molar-refractivity contribution is -0.161. The molecule has 1 aromatic carbocycles. The van der Waals surface area contributed by atoms with Crippen LogP contribution >= 0.6 is 0 Å². The minimum atomic E-state index is -0.0922. The zero-order chi connectivity index (χ0) is 16.6. The minimum Gasteiger partial charge on any atom is -0.497 e. The highest BCUT2D eigenvalue weighted by molar-refractivity contribution is 5.83. The highest BCUT2D eigenvalue weighted by Crippen LogP contribution is 2.49. The summed E-state index contributed by atoms with van der Waals surface area (Å²) in [6.07, 6.45) is 2.15. The lowest BCUT2D eigenvalue weighted by Crippen LogP contribution is -2.57. The molecule has 1 aliphatic heterocycles. The zero-order valence-electron chi connectivity index (χ0n) is 14.5. The Bertz CT molecular complexity index is 560. The number of benzene rings is 1. The Morgan fingerprint density at radius 1 is 1.26 bits per heavy atom. The molecule has 1 aromatic rings. The van der Waals surface area contributed by atoms with Gasteiger partial charge >= 0.3 is 0 Å². The van der Waals surface area contributed by atoms with Gasteiger partial charge in [0.25, 0.3) is 0 Å². The van der Waals surface area contributed by atoms with Crippen LogP contribution < -0.4 is 4.74 Å². The largest absolute Gasteiger partial charge is 0.497 e. The first-order valence-electron chi connectivity index (χ1n) is 8.54. The van der Waals surface area contributed by atoms with Crippen molar-refractivity contribution < 1.29 is 14.3 Å². The summed E-state index contributed by atoms with van der Waals surface area (Å²) in [4.78, 5) is 14.5. The van der Waals surface area contributed by atoms with E-state index in [4.69, 9.17) is 9.47 Å². The van der Waals surface area contributed by atoms with Crippen molar-refractivity contribution in [2.24, 2.45) is 5.92 Å². The van der Waals surface area contributed by atoms with Gasteiger partial charge in [0.15, 0.2) is 0 Å². The van der Waals surface area contributed by atoms with Crippen LogP contribution in [0.4, 0.5) is 0 Å². The van der Waals surface area contributed by atoms with Gasteiger partial charge in [0.2, 0.25) is 5.91 Å². The van der Waals surface area contributed by atoms with E-state index >= 15 is 0 Å².